The molecule has 0 aliphatic carbocycles. The lowest BCUT2D eigenvalue weighted by Gasteiger charge is -2.24. The molecule has 0 heterocycles. The van der Waals surface area contributed by atoms with Crippen molar-refractivity contribution in [2.75, 3.05) is 6.61 Å². The zero-order valence-electron chi connectivity index (χ0n) is 17.5. The minimum atomic E-state index is -1.44. The highest BCUT2D eigenvalue weighted by Crippen LogP contribution is 2.06. The van der Waals surface area contributed by atoms with Crippen molar-refractivity contribution in [1.29, 1.82) is 0 Å². The number of hydrogen-bond donors (Lipinski definition) is 7. The van der Waals surface area contributed by atoms with Crippen molar-refractivity contribution in [2.45, 2.75) is 50.4 Å². The first-order chi connectivity index (χ1) is 15.0. The van der Waals surface area contributed by atoms with Gasteiger partial charge in [-0.3, -0.25) is 19.2 Å². The van der Waals surface area contributed by atoms with E-state index in [2.05, 4.69) is 16.0 Å². The molecule has 0 aliphatic heterocycles. The highest BCUT2D eigenvalue weighted by molar-refractivity contribution is 5.94. The van der Waals surface area contributed by atoms with Crippen molar-refractivity contribution in [2.24, 2.45) is 5.73 Å². The Morgan fingerprint density at radius 3 is 1.91 bits per heavy atom. The molecule has 12 heteroatoms. The molecule has 1 aromatic carbocycles. The highest BCUT2D eigenvalue weighted by atomic mass is 16.4. The van der Waals surface area contributed by atoms with Gasteiger partial charge in [-0.1, -0.05) is 30.3 Å². The maximum Gasteiger partial charge on any atom is 0.326 e. The number of amides is 3. The summed E-state index contributed by atoms with van der Waals surface area (Å²) in [5, 5.41) is 34.5. The Kier molecular flexibility index (Phi) is 10.8. The van der Waals surface area contributed by atoms with Gasteiger partial charge in [0.15, 0.2) is 0 Å². The highest BCUT2D eigenvalue weighted by Gasteiger charge is 2.30. The Hall–Kier alpha value is -3.51. The Morgan fingerprint density at radius 2 is 1.41 bits per heavy atom. The van der Waals surface area contributed by atoms with Crippen molar-refractivity contribution in [3.05, 3.63) is 35.9 Å². The van der Waals surface area contributed by atoms with Crippen LogP contribution in [0.5, 0.6) is 0 Å². The van der Waals surface area contributed by atoms with Gasteiger partial charge in [0.05, 0.1) is 12.6 Å². The van der Waals surface area contributed by atoms with Crippen LogP contribution in [-0.4, -0.2) is 75.8 Å². The molecule has 0 saturated carbocycles. The zero-order chi connectivity index (χ0) is 24.3. The van der Waals surface area contributed by atoms with E-state index in [-0.39, 0.29) is 12.8 Å². The second kappa shape index (κ2) is 13.0. The van der Waals surface area contributed by atoms with Crippen molar-refractivity contribution in [1.82, 2.24) is 16.0 Å². The molecule has 0 aliphatic rings. The number of carbonyl (C=O) groups excluding carboxylic acids is 3. The summed E-state index contributed by atoms with van der Waals surface area (Å²) >= 11 is 0. The first-order valence-electron chi connectivity index (χ1n) is 9.81. The summed E-state index contributed by atoms with van der Waals surface area (Å²) in [6, 6.07) is 3.37. The van der Waals surface area contributed by atoms with Crippen LogP contribution in [0.15, 0.2) is 30.3 Å². The molecule has 1 aromatic rings. The largest absolute Gasteiger partial charge is 0.481 e. The molecule has 0 spiro atoms. The van der Waals surface area contributed by atoms with Gasteiger partial charge in [0.25, 0.3) is 0 Å². The maximum atomic E-state index is 12.7. The fourth-order valence-electron chi connectivity index (χ4n) is 2.63. The Labute approximate surface area is 184 Å². The minimum absolute atomic E-state index is 0.0365. The number of hydrogen-bond acceptors (Lipinski definition) is 7. The van der Waals surface area contributed by atoms with Gasteiger partial charge in [-0.2, -0.15) is 0 Å². The molecule has 4 unspecified atom stereocenters. The SMILES string of the molecule is CC(N)C(=O)NC(CO)C(=O)NC(CCC(=O)O)C(=O)NC(Cc1ccccc1)C(=O)O. The summed E-state index contributed by atoms with van der Waals surface area (Å²) in [6.45, 7) is 0.562. The first-order valence-corrected chi connectivity index (χ1v) is 9.81. The summed E-state index contributed by atoms with van der Waals surface area (Å²) < 4.78 is 0. The fraction of sp³-hybridized carbons (Fsp3) is 0.450. The minimum Gasteiger partial charge on any atom is -0.481 e. The fourth-order valence-corrected chi connectivity index (χ4v) is 2.63. The van der Waals surface area contributed by atoms with E-state index in [1.165, 1.54) is 6.92 Å². The molecule has 0 radical (unpaired) electrons. The van der Waals surface area contributed by atoms with E-state index in [0.717, 1.165) is 0 Å². The molecule has 3 amide bonds. The van der Waals surface area contributed by atoms with Gasteiger partial charge in [-0.05, 0) is 18.9 Å². The molecule has 12 nitrogen and oxygen atoms in total. The van der Waals surface area contributed by atoms with Crippen LogP contribution in [0.25, 0.3) is 0 Å². The van der Waals surface area contributed by atoms with E-state index in [1.807, 2.05) is 0 Å². The molecule has 4 atom stereocenters. The van der Waals surface area contributed by atoms with Gasteiger partial charge < -0.3 is 37.0 Å². The predicted molar refractivity (Wildman–Crippen MR) is 111 cm³/mol. The average Bonchev–Trinajstić information content (AvgIpc) is 2.74. The average molecular weight is 452 g/mol. The molecule has 0 aromatic heterocycles. The van der Waals surface area contributed by atoms with Crippen LogP contribution in [0, 0.1) is 0 Å². The smallest absolute Gasteiger partial charge is 0.326 e. The van der Waals surface area contributed by atoms with Gasteiger partial charge >= 0.3 is 11.9 Å². The van der Waals surface area contributed by atoms with E-state index in [4.69, 9.17) is 10.8 Å². The monoisotopic (exact) mass is 452 g/mol. The summed E-state index contributed by atoms with van der Waals surface area (Å²) in [6.07, 6.45) is -0.875. The van der Waals surface area contributed by atoms with Crippen molar-refractivity contribution < 1.29 is 39.3 Å². The molecule has 8 N–H and O–H groups in total. The lowest BCUT2D eigenvalue weighted by molar-refractivity contribution is -0.143. The number of carboxylic acid groups (broad SMARTS) is 2. The topological polar surface area (TPSA) is 208 Å². The van der Waals surface area contributed by atoms with Gasteiger partial charge in [0.1, 0.15) is 18.1 Å². The number of nitrogens with two attached hydrogens (primary N) is 1. The summed E-state index contributed by atoms with van der Waals surface area (Å²) in [7, 11) is 0. The first kappa shape index (κ1) is 26.5. The van der Waals surface area contributed by atoms with Crippen LogP contribution in [0.3, 0.4) is 0 Å². The second-order valence-corrected chi connectivity index (χ2v) is 7.12. The molecular formula is C20H28N4O8. The quantitative estimate of drug-likeness (QED) is 0.176. The summed E-state index contributed by atoms with van der Waals surface area (Å²) in [4.78, 5) is 59.4. The number of nitrogens with one attached hydrogen (secondary N) is 3. The third-order valence-corrected chi connectivity index (χ3v) is 4.41. The lowest BCUT2D eigenvalue weighted by Crippen LogP contribution is -2.58. The number of carboxylic acids is 2. The molecule has 32 heavy (non-hydrogen) atoms. The molecule has 0 saturated heterocycles. The van der Waals surface area contributed by atoms with Crippen LogP contribution < -0.4 is 21.7 Å². The third-order valence-electron chi connectivity index (χ3n) is 4.41. The molecule has 1 rings (SSSR count). The standard InChI is InChI=1S/C20H28N4O8/c1-11(21)17(28)24-15(10-25)19(30)22-13(7-8-16(26)27)18(29)23-14(20(31)32)9-12-5-3-2-4-6-12/h2-6,11,13-15,25H,7-10,21H2,1H3,(H,22,30)(H,23,29)(H,24,28)(H,26,27)(H,31,32). The Bertz CT molecular complexity index is 815. The van der Waals surface area contributed by atoms with Gasteiger partial charge in [0.2, 0.25) is 17.7 Å². The van der Waals surface area contributed by atoms with E-state index in [0.29, 0.717) is 5.56 Å². The van der Waals surface area contributed by atoms with Gasteiger partial charge in [-0.25, -0.2) is 4.79 Å². The van der Waals surface area contributed by atoms with Crippen LogP contribution in [-0.2, 0) is 30.4 Å². The van der Waals surface area contributed by atoms with E-state index < -0.39 is 66.9 Å². The molecule has 176 valence electrons. The van der Waals surface area contributed by atoms with Crippen molar-refractivity contribution in [3.63, 3.8) is 0 Å². The second-order valence-electron chi connectivity index (χ2n) is 7.12. The summed E-state index contributed by atoms with van der Waals surface area (Å²) in [5.41, 5.74) is 6.05. The van der Waals surface area contributed by atoms with Crippen LogP contribution in [0.1, 0.15) is 25.3 Å². The van der Waals surface area contributed by atoms with Crippen LogP contribution >= 0.6 is 0 Å². The molecular weight excluding hydrogens is 424 g/mol. The van der Waals surface area contributed by atoms with Crippen LogP contribution in [0.2, 0.25) is 0 Å². The van der Waals surface area contributed by atoms with Gasteiger partial charge in [-0.15, -0.1) is 0 Å². The number of aliphatic carboxylic acids is 2. The third kappa shape index (κ3) is 9.10. The van der Waals surface area contributed by atoms with Crippen molar-refractivity contribution >= 4 is 29.7 Å². The molecule has 0 fully saturated rings. The van der Waals surface area contributed by atoms with E-state index >= 15 is 0 Å². The summed E-state index contributed by atoms with van der Waals surface area (Å²) in [5.74, 6) is -5.15. The zero-order valence-corrected chi connectivity index (χ0v) is 17.5. The van der Waals surface area contributed by atoms with Crippen LogP contribution in [0.4, 0.5) is 0 Å². The van der Waals surface area contributed by atoms with E-state index in [1.54, 1.807) is 30.3 Å². The number of benzene rings is 1. The number of rotatable bonds is 13. The predicted octanol–water partition coefficient (Wildman–Crippen LogP) is -2.03. The lowest BCUT2D eigenvalue weighted by atomic mass is 10.0. The van der Waals surface area contributed by atoms with Crippen molar-refractivity contribution in [3.8, 4) is 0 Å². The number of aliphatic hydroxyl groups excluding tert-OH is 1. The maximum absolute atomic E-state index is 12.7. The number of aliphatic hydroxyl groups is 1. The Morgan fingerprint density at radius 1 is 0.875 bits per heavy atom. The van der Waals surface area contributed by atoms with Gasteiger partial charge in [0, 0.05) is 12.8 Å². The Balaban J connectivity index is 2.93. The molecule has 0 bridgehead atoms. The number of carbonyl (C=O) groups is 5. The van der Waals surface area contributed by atoms with E-state index in [9.17, 15) is 34.2 Å². The normalized spacial score (nSPS) is 14.3.